The molecular formula is C10H16O5. The summed E-state index contributed by atoms with van der Waals surface area (Å²) in [6.45, 7) is 1.57. The molecule has 1 aliphatic heterocycles. The van der Waals surface area contributed by atoms with Crippen molar-refractivity contribution >= 4 is 5.97 Å². The quantitative estimate of drug-likeness (QED) is 0.370. The van der Waals surface area contributed by atoms with Crippen molar-refractivity contribution in [1.29, 1.82) is 0 Å². The highest BCUT2D eigenvalue weighted by Crippen LogP contribution is 2.11. The predicted octanol–water partition coefficient (Wildman–Crippen LogP) is -0.649. The molecule has 86 valence electrons. The molecule has 0 saturated heterocycles. The summed E-state index contributed by atoms with van der Waals surface area (Å²) in [4.78, 5) is 11.2. The molecule has 1 aliphatic rings. The van der Waals surface area contributed by atoms with Crippen LogP contribution in [0.25, 0.3) is 0 Å². The van der Waals surface area contributed by atoms with Crippen LogP contribution < -0.4 is 0 Å². The SMILES string of the molecule is CC1OC(=O)CCC(O)C(O)/C=C\C1O. The molecule has 4 atom stereocenters. The number of carbonyl (C=O) groups excluding carboxylic acids is 1. The van der Waals surface area contributed by atoms with E-state index in [9.17, 15) is 20.1 Å². The molecule has 0 bridgehead atoms. The van der Waals surface area contributed by atoms with E-state index in [1.54, 1.807) is 6.92 Å². The maximum absolute atomic E-state index is 11.2. The topological polar surface area (TPSA) is 87.0 Å². The van der Waals surface area contributed by atoms with Gasteiger partial charge in [0.1, 0.15) is 12.2 Å². The van der Waals surface area contributed by atoms with Crippen LogP contribution >= 0.6 is 0 Å². The molecule has 4 unspecified atom stereocenters. The summed E-state index contributed by atoms with van der Waals surface area (Å²) in [5, 5.41) is 28.2. The monoisotopic (exact) mass is 216 g/mol. The third-order valence-electron chi connectivity index (χ3n) is 2.34. The second-order valence-electron chi connectivity index (χ2n) is 3.67. The van der Waals surface area contributed by atoms with Crippen molar-refractivity contribution in [3.05, 3.63) is 12.2 Å². The Labute approximate surface area is 88.0 Å². The Kier molecular flexibility index (Phi) is 4.26. The molecule has 0 spiro atoms. The molecule has 3 N–H and O–H groups in total. The summed E-state index contributed by atoms with van der Waals surface area (Å²) in [5.41, 5.74) is 0. The second kappa shape index (κ2) is 5.25. The first-order valence-corrected chi connectivity index (χ1v) is 4.92. The van der Waals surface area contributed by atoms with Crippen molar-refractivity contribution in [2.75, 3.05) is 0 Å². The third kappa shape index (κ3) is 3.62. The predicted molar refractivity (Wildman–Crippen MR) is 51.9 cm³/mol. The molecule has 0 amide bonds. The van der Waals surface area contributed by atoms with Gasteiger partial charge in [-0.25, -0.2) is 0 Å². The number of aliphatic hydroxyl groups excluding tert-OH is 3. The van der Waals surface area contributed by atoms with E-state index in [0.29, 0.717) is 0 Å². The van der Waals surface area contributed by atoms with Gasteiger partial charge in [0.15, 0.2) is 0 Å². The van der Waals surface area contributed by atoms with Gasteiger partial charge in [-0.2, -0.15) is 0 Å². The molecular weight excluding hydrogens is 200 g/mol. The lowest BCUT2D eigenvalue weighted by Gasteiger charge is -2.21. The zero-order valence-corrected chi connectivity index (χ0v) is 8.54. The second-order valence-corrected chi connectivity index (χ2v) is 3.67. The van der Waals surface area contributed by atoms with E-state index in [2.05, 4.69) is 0 Å². The van der Waals surface area contributed by atoms with Crippen molar-refractivity contribution in [2.45, 2.75) is 44.2 Å². The normalized spacial score (nSPS) is 40.7. The van der Waals surface area contributed by atoms with Gasteiger partial charge in [0.05, 0.1) is 12.2 Å². The lowest BCUT2D eigenvalue weighted by molar-refractivity contribution is -0.153. The van der Waals surface area contributed by atoms with Crippen LogP contribution in [0.3, 0.4) is 0 Å². The number of ether oxygens (including phenoxy) is 1. The molecule has 15 heavy (non-hydrogen) atoms. The number of hydrogen-bond donors (Lipinski definition) is 3. The van der Waals surface area contributed by atoms with Crippen molar-refractivity contribution in [2.24, 2.45) is 0 Å². The first kappa shape index (κ1) is 12.2. The lowest BCUT2D eigenvalue weighted by Crippen LogP contribution is -2.31. The first-order valence-electron chi connectivity index (χ1n) is 4.92. The van der Waals surface area contributed by atoms with E-state index in [1.807, 2.05) is 0 Å². The van der Waals surface area contributed by atoms with Crippen LogP contribution in [-0.2, 0) is 9.53 Å². The van der Waals surface area contributed by atoms with Crippen LogP contribution in [-0.4, -0.2) is 45.7 Å². The van der Waals surface area contributed by atoms with Gasteiger partial charge in [-0.1, -0.05) is 12.2 Å². The van der Waals surface area contributed by atoms with E-state index in [1.165, 1.54) is 12.2 Å². The Balaban J connectivity index is 2.73. The molecule has 1 rings (SSSR count). The number of hydrogen-bond acceptors (Lipinski definition) is 5. The number of cyclic esters (lactones) is 1. The van der Waals surface area contributed by atoms with Crippen LogP contribution in [0, 0.1) is 0 Å². The highest BCUT2D eigenvalue weighted by Gasteiger charge is 2.22. The fourth-order valence-corrected chi connectivity index (χ4v) is 1.28. The first-order chi connectivity index (χ1) is 7.00. The standard InChI is InChI=1S/C10H16O5/c1-6-7(11)2-3-8(12)9(13)4-5-10(14)15-6/h2-3,6-9,11-13H,4-5H2,1H3/b3-2-. The fraction of sp³-hybridized carbons (Fsp3) is 0.700. The molecule has 0 aromatic rings. The minimum Gasteiger partial charge on any atom is -0.460 e. The third-order valence-corrected chi connectivity index (χ3v) is 2.34. The summed E-state index contributed by atoms with van der Waals surface area (Å²) in [6, 6.07) is 0. The smallest absolute Gasteiger partial charge is 0.306 e. The van der Waals surface area contributed by atoms with E-state index >= 15 is 0 Å². The van der Waals surface area contributed by atoms with Gasteiger partial charge in [0.2, 0.25) is 0 Å². The molecule has 0 fully saturated rings. The minimum atomic E-state index is -1.06. The summed E-state index contributed by atoms with van der Waals surface area (Å²) >= 11 is 0. The van der Waals surface area contributed by atoms with Gasteiger partial charge in [-0.05, 0) is 13.3 Å². The molecule has 0 aromatic carbocycles. The van der Waals surface area contributed by atoms with Gasteiger partial charge in [0.25, 0.3) is 0 Å². The lowest BCUT2D eigenvalue weighted by atomic mass is 10.1. The van der Waals surface area contributed by atoms with Crippen molar-refractivity contribution in [3.63, 3.8) is 0 Å². The van der Waals surface area contributed by atoms with Crippen LogP contribution in [0.5, 0.6) is 0 Å². The van der Waals surface area contributed by atoms with Crippen molar-refractivity contribution < 1.29 is 24.9 Å². The molecule has 5 nitrogen and oxygen atoms in total. The molecule has 1 heterocycles. The van der Waals surface area contributed by atoms with Crippen molar-refractivity contribution in [1.82, 2.24) is 0 Å². The van der Waals surface area contributed by atoms with Crippen LogP contribution in [0.4, 0.5) is 0 Å². The highest BCUT2D eigenvalue weighted by molar-refractivity contribution is 5.69. The number of aliphatic hydroxyl groups is 3. The van der Waals surface area contributed by atoms with Crippen LogP contribution in [0.2, 0.25) is 0 Å². The Morgan fingerprint density at radius 3 is 2.53 bits per heavy atom. The summed E-state index contributed by atoms with van der Waals surface area (Å²) < 4.78 is 4.89. The Morgan fingerprint density at radius 2 is 1.87 bits per heavy atom. The Bertz CT molecular complexity index is 250. The van der Waals surface area contributed by atoms with Gasteiger partial charge < -0.3 is 20.1 Å². The Morgan fingerprint density at radius 1 is 1.27 bits per heavy atom. The zero-order chi connectivity index (χ0) is 11.4. The van der Waals surface area contributed by atoms with Gasteiger partial charge >= 0.3 is 5.97 Å². The molecule has 0 aromatic heterocycles. The van der Waals surface area contributed by atoms with Crippen LogP contribution in [0.1, 0.15) is 19.8 Å². The maximum Gasteiger partial charge on any atom is 0.306 e. The number of rotatable bonds is 0. The average molecular weight is 216 g/mol. The molecule has 5 heteroatoms. The Hall–Kier alpha value is -0.910. The van der Waals surface area contributed by atoms with E-state index in [0.717, 1.165) is 0 Å². The number of carbonyl (C=O) groups is 1. The van der Waals surface area contributed by atoms with Crippen molar-refractivity contribution in [3.8, 4) is 0 Å². The zero-order valence-electron chi connectivity index (χ0n) is 8.54. The minimum absolute atomic E-state index is 0.0309. The van der Waals surface area contributed by atoms with E-state index in [4.69, 9.17) is 4.74 Å². The summed E-state index contributed by atoms with van der Waals surface area (Å²) in [6.07, 6.45) is -0.865. The summed E-state index contributed by atoms with van der Waals surface area (Å²) in [7, 11) is 0. The van der Waals surface area contributed by atoms with E-state index < -0.39 is 30.4 Å². The maximum atomic E-state index is 11.2. The average Bonchev–Trinajstić information content (AvgIpc) is 2.20. The summed E-state index contributed by atoms with van der Waals surface area (Å²) in [5.74, 6) is -0.483. The molecule has 0 saturated carbocycles. The molecule has 0 aliphatic carbocycles. The van der Waals surface area contributed by atoms with Gasteiger partial charge in [-0.3, -0.25) is 4.79 Å². The van der Waals surface area contributed by atoms with E-state index in [-0.39, 0.29) is 12.8 Å². The fourth-order valence-electron chi connectivity index (χ4n) is 1.28. The van der Waals surface area contributed by atoms with Gasteiger partial charge in [0, 0.05) is 6.42 Å². The van der Waals surface area contributed by atoms with Crippen LogP contribution in [0.15, 0.2) is 12.2 Å². The van der Waals surface area contributed by atoms with Gasteiger partial charge in [-0.15, -0.1) is 0 Å². The highest BCUT2D eigenvalue weighted by atomic mass is 16.6. The largest absolute Gasteiger partial charge is 0.460 e. The number of esters is 1. The molecule has 0 radical (unpaired) electrons.